The Balaban J connectivity index is 1.43. The van der Waals surface area contributed by atoms with Gasteiger partial charge in [0.1, 0.15) is 11.6 Å². The second-order valence-corrected chi connectivity index (χ2v) is 11.6. The smallest absolute Gasteiger partial charge is 0.296 e. The van der Waals surface area contributed by atoms with E-state index in [0.29, 0.717) is 80.6 Å². The van der Waals surface area contributed by atoms with Gasteiger partial charge in [0.25, 0.3) is 16.6 Å². The highest BCUT2D eigenvalue weighted by Gasteiger charge is 2.27. The maximum Gasteiger partial charge on any atom is 0.296 e. The molecule has 5 rings (SSSR count). The van der Waals surface area contributed by atoms with E-state index in [2.05, 4.69) is 20.0 Å². The molecule has 0 atom stereocenters. The van der Waals surface area contributed by atoms with Gasteiger partial charge in [-0.2, -0.15) is 27.4 Å². The predicted octanol–water partition coefficient (Wildman–Crippen LogP) is 2.71. The van der Waals surface area contributed by atoms with Crippen LogP contribution in [-0.2, 0) is 14.9 Å². The summed E-state index contributed by atoms with van der Waals surface area (Å²) in [6.07, 6.45) is -0.0681. The number of aromatic nitrogens is 4. The number of alkyl halides is 2. The van der Waals surface area contributed by atoms with Gasteiger partial charge in [0.05, 0.1) is 24.2 Å². The van der Waals surface area contributed by atoms with Crippen molar-refractivity contribution < 1.29 is 21.9 Å². The number of hydrogen-bond donors (Lipinski definition) is 2. The number of hydrogen-bond acceptors (Lipinski definition) is 8. The number of nitrogens with one attached hydrogen (secondary N) is 2. The normalized spacial score (nSPS) is 20.9. The standard InChI is InChI=1S/C24H32F2N8O3S/c1-32(2)38(35,36)31-17-9-7-16(8-10-17)27-24-29-20(33-11-13-37-14-12-33)15-21(30-24)34-19-6-4-3-5-18(19)28-23(34)22(25)26/h3-6,15-17,22,31H,7-14H2,1-2H3,(H,27,29,30)/t16-,17-. The molecule has 1 aliphatic carbocycles. The number of anilines is 2. The molecular weight excluding hydrogens is 518 g/mol. The zero-order chi connectivity index (χ0) is 26.9. The fourth-order valence-corrected chi connectivity index (χ4v) is 5.71. The molecule has 2 fully saturated rings. The van der Waals surface area contributed by atoms with Crippen LogP contribution in [-0.4, -0.2) is 84.7 Å². The molecule has 11 nitrogen and oxygen atoms in total. The third-order valence-corrected chi connectivity index (χ3v) is 8.49. The molecule has 2 N–H and O–H groups in total. The average Bonchev–Trinajstić information content (AvgIpc) is 3.30. The highest BCUT2D eigenvalue weighted by Crippen LogP contribution is 2.30. The van der Waals surface area contributed by atoms with Crippen molar-refractivity contribution in [3.8, 4) is 5.82 Å². The molecule has 3 heterocycles. The van der Waals surface area contributed by atoms with Crippen molar-refractivity contribution in [3.63, 3.8) is 0 Å². The molecule has 1 aliphatic heterocycles. The van der Waals surface area contributed by atoms with Gasteiger partial charge in [0, 0.05) is 45.3 Å². The van der Waals surface area contributed by atoms with Crippen molar-refractivity contribution in [1.29, 1.82) is 0 Å². The summed E-state index contributed by atoms with van der Waals surface area (Å²) >= 11 is 0. The largest absolute Gasteiger partial charge is 0.378 e. The lowest BCUT2D eigenvalue weighted by Gasteiger charge is -2.31. The molecule has 0 spiro atoms. The molecule has 2 aliphatic rings. The molecule has 1 saturated heterocycles. The van der Waals surface area contributed by atoms with E-state index in [1.165, 1.54) is 18.7 Å². The Morgan fingerprint density at radius 3 is 2.34 bits per heavy atom. The Hall–Kier alpha value is -2.94. The van der Waals surface area contributed by atoms with E-state index in [9.17, 15) is 17.2 Å². The number of benzene rings is 1. The Morgan fingerprint density at radius 2 is 1.66 bits per heavy atom. The zero-order valence-corrected chi connectivity index (χ0v) is 22.2. The minimum atomic E-state index is -3.50. The Kier molecular flexibility index (Phi) is 7.75. The van der Waals surface area contributed by atoms with Gasteiger partial charge in [-0.15, -0.1) is 0 Å². The quantitative estimate of drug-likeness (QED) is 0.440. The molecule has 0 bridgehead atoms. The summed E-state index contributed by atoms with van der Waals surface area (Å²) in [5, 5.41) is 3.38. The van der Waals surface area contributed by atoms with Crippen LogP contribution in [0.2, 0.25) is 0 Å². The Morgan fingerprint density at radius 1 is 1.00 bits per heavy atom. The lowest BCUT2D eigenvalue weighted by atomic mass is 9.92. The van der Waals surface area contributed by atoms with E-state index < -0.39 is 16.6 Å². The van der Waals surface area contributed by atoms with Crippen molar-refractivity contribution in [3.05, 3.63) is 36.2 Å². The first-order valence-corrected chi connectivity index (χ1v) is 14.1. The van der Waals surface area contributed by atoms with Gasteiger partial charge < -0.3 is 15.0 Å². The van der Waals surface area contributed by atoms with E-state index in [0.717, 1.165) is 4.31 Å². The third-order valence-electron chi connectivity index (χ3n) is 6.90. The van der Waals surface area contributed by atoms with Gasteiger partial charge in [-0.3, -0.25) is 4.57 Å². The second kappa shape index (κ2) is 11.0. The van der Waals surface area contributed by atoms with Gasteiger partial charge in [-0.25, -0.2) is 13.8 Å². The first-order valence-electron chi connectivity index (χ1n) is 12.7. The Bertz CT molecular complexity index is 1370. The van der Waals surface area contributed by atoms with Crippen LogP contribution in [0.25, 0.3) is 16.9 Å². The summed E-state index contributed by atoms with van der Waals surface area (Å²) in [5.41, 5.74) is 0.997. The van der Waals surface area contributed by atoms with Crippen molar-refractivity contribution in [2.75, 3.05) is 50.6 Å². The lowest BCUT2D eigenvalue weighted by Crippen LogP contribution is -2.45. The summed E-state index contributed by atoms with van der Waals surface area (Å²) < 4.78 is 63.3. The number of halogens is 2. The molecule has 1 saturated carbocycles. The highest BCUT2D eigenvalue weighted by molar-refractivity contribution is 7.87. The number of ether oxygens (including phenoxy) is 1. The van der Waals surface area contributed by atoms with Crippen LogP contribution in [0.4, 0.5) is 20.5 Å². The number of rotatable bonds is 8. The van der Waals surface area contributed by atoms with Crippen LogP contribution < -0.4 is 14.9 Å². The van der Waals surface area contributed by atoms with E-state index >= 15 is 0 Å². The van der Waals surface area contributed by atoms with Gasteiger partial charge in [0.15, 0.2) is 5.82 Å². The first kappa shape index (κ1) is 26.7. The fourth-order valence-electron chi connectivity index (χ4n) is 4.84. The zero-order valence-electron chi connectivity index (χ0n) is 21.3. The molecule has 3 aromatic rings. The molecular formula is C24H32F2N8O3S. The number of nitrogens with zero attached hydrogens (tertiary/aromatic N) is 6. The Labute approximate surface area is 220 Å². The summed E-state index contributed by atoms with van der Waals surface area (Å²) in [6, 6.07) is 8.55. The van der Waals surface area contributed by atoms with Crippen molar-refractivity contribution in [1.82, 2.24) is 28.5 Å². The number of imidazole rings is 1. The van der Waals surface area contributed by atoms with Crippen LogP contribution in [0.1, 0.15) is 37.9 Å². The highest BCUT2D eigenvalue weighted by atomic mass is 32.2. The number of morpholine rings is 1. The molecule has 0 amide bonds. The molecule has 14 heteroatoms. The first-order chi connectivity index (χ1) is 18.2. The summed E-state index contributed by atoms with van der Waals surface area (Å²) in [4.78, 5) is 15.6. The molecule has 2 aromatic heterocycles. The maximum atomic E-state index is 14.1. The minimum absolute atomic E-state index is 0.0111. The van der Waals surface area contributed by atoms with Crippen LogP contribution in [0, 0.1) is 0 Å². The van der Waals surface area contributed by atoms with Gasteiger partial charge in [0.2, 0.25) is 5.95 Å². The molecule has 38 heavy (non-hydrogen) atoms. The monoisotopic (exact) mass is 550 g/mol. The number of fused-ring (bicyclic) bond motifs is 1. The minimum Gasteiger partial charge on any atom is -0.378 e. The van der Waals surface area contributed by atoms with Crippen LogP contribution in [0.5, 0.6) is 0 Å². The van der Waals surface area contributed by atoms with Gasteiger partial charge in [-0.05, 0) is 37.8 Å². The van der Waals surface area contributed by atoms with Crippen molar-refractivity contribution >= 4 is 33.0 Å². The van der Waals surface area contributed by atoms with E-state index in [4.69, 9.17) is 9.72 Å². The average molecular weight is 551 g/mol. The number of para-hydroxylation sites is 2. The fraction of sp³-hybridized carbons (Fsp3) is 0.542. The van der Waals surface area contributed by atoms with E-state index in [1.807, 2.05) is 4.90 Å². The van der Waals surface area contributed by atoms with Crippen LogP contribution in [0.15, 0.2) is 30.3 Å². The predicted molar refractivity (Wildman–Crippen MR) is 140 cm³/mol. The van der Waals surface area contributed by atoms with E-state index in [-0.39, 0.29) is 17.9 Å². The molecule has 0 unspecified atom stereocenters. The summed E-state index contributed by atoms with van der Waals surface area (Å²) in [7, 11) is -0.510. The summed E-state index contributed by atoms with van der Waals surface area (Å²) in [6.45, 7) is 2.34. The topological polar surface area (TPSA) is 118 Å². The molecule has 0 radical (unpaired) electrons. The van der Waals surface area contributed by atoms with Gasteiger partial charge in [-0.1, -0.05) is 12.1 Å². The maximum absolute atomic E-state index is 14.1. The van der Waals surface area contributed by atoms with Crippen molar-refractivity contribution in [2.45, 2.75) is 44.2 Å². The summed E-state index contributed by atoms with van der Waals surface area (Å²) in [5.74, 6) is 0.878. The molecule has 1 aromatic carbocycles. The lowest BCUT2D eigenvalue weighted by molar-refractivity contribution is 0.122. The van der Waals surface area contributed by atoms with Crippen LogP contribution in [0.3, 0.4) is 0 Å². The molecule has 206 valence electrons. The third kappa shape index (κ3) is 5.72. The van der Waals surface area contributed by atoms with E-state index in [1.54, 1.807) is 30.3 Å². The van der Waals surface area contributed by atoms with Crippen LogP contribution >= 0.6 is 0 Å². The second-order valence-electron chi connectivity index (χ2n) is 9.70. The SMILES string of the molecule is CN(C)S(=O)(=O)N[C@H]1CC[C@H](Nc2nc(N3CCOCC3)cc(-n3c(C(F)F)nc4ccccc43)n2)CC1. The van der Waals surface area contributed by atoms with Crippen molar-refractivity contribution in [2.24, 2.45) is 0 Å². The van der Waals surface area contributed by atoms with Gasteiger partial charge >= 0.3 is 0 Å².